The molecule has 0 aromatic heterocycles. The zero-order valence-corrected chi connectivity index (χ0v) is 6.89. The number of nitrogens with one attached hydrogen (secondary N) is 2. The molecule has 0 aliphatic heterocycles. The molecule has 0 rings (SSSR count). The summed E-state index contributed by atoms with van der Waals surface area (Å²) in [5, 5.41) is 4.98. The third kappa shape index (κ3) is 6.55. The Bertz CT molecular complexity index is 207. The molecule has 0 aliphatic rings. The van der Waals surface area contributed by atoms with Crippen molar-refractivity contribution in [3.8, 4) is 0 Å². The second kappa shape index (κ2) is 6.16. The Morgan fingerprint density at radius 3 is 2.42 bits per heavy atom. The van der Waals surface area contributed by atoms with Crippen LogP contribution in [0.4, 0.5) is 0 Å². The first-order chi connectivity index (χ1) is 5.66. The van der Waals surface area contributed by atoms with Crippen LogP contribution in [0, 0.1) is 6.57 Å². The smallest absolute Gasteiger partial charge is 0.300 e. The quantitative estimate of drug-likeness (QED) is 0.425. The molecule has 0 bridgehead atoms. The fraction of sp³-hybridized carbons (Fsp3) is 0.571. The highest BCUT2D eigenvalue weighted by atomic mass is 16.2. The van der Waals surface area contributed by atoms with Gasteiger partial charge in [-0.05, 0) is 0 Å². The summed E-state index contributed by atoms with van der Waals surface area (Å²) in [6.45, 7) is 8.40. The van der Waals surface area contributed by atoms with E-state index in [2.05, 4.69) is 15.5 Å². The highest BCUT2D eigenvalue weighted by molar-refractivity contribution is 5.79. The van der Waals surface area contributed by atoms with E-state index >= 15 is 0 Å². The summed E-state index contributed by atoms with van der Waals surface area (Å²) >= 11 is 0. The Hall–Kier alpha value is -1.57. The first-order valence-electron chi connectivity index (χ1n) is 3.51. The summed E-state index contributed by atoms with van der Waals surface area (Å²) in [4.78, 5) is 23.9. The van der Waals surface area contributed by atoms with E-state index in [1.807, 2.05) is 0 Å². The summed E-state index contributed by atoms with van der Waals surface area (Å²) in [6.07, 6.45) is 0. The van der Waals surface area contributed by atoms with Gasteiger partial charge < -0.3 is 15.5 Å². The fourth-order valence-corrected chi connectivity index (χ4v) is 0.568. The van der Waals surface area contributed by atoms with Crippen LogP contribution in [-0.2, 0) is 9.59 Å². The van der Waals surface area contributed by atoms with Crippen molar-refractivity contribution in [1.82, 2.24) is 10.6 Å². The van der Waals surface area contributed by atoms with Gasteiger partial charge in [-0.25, -0.2) is 6.57 Å². The Kier molecular flexibility index (Phi) is 5.35. The highest BCUT2D eigenvalue weighted by Crippen LogP contribution is 1.68. The van der Waals surface area contributed by atoms with Gasteiger partial charge in [-0.1, -0.05) is 0 Å². The Labute approximate surface area is 71.0 Å². The number of amides is 2. The number of nitrogens with zero attached hydrogens (tertiary/aromatic N) is 1. The molecule has 0 spiro atoms. The average molecular weight is 169 g/mol. The summed E-state index contributed by atoms with van der Waals surface area (Å²) in [5.41, 5.74) is 0. The van der Waals surface area contributed by atoms with Gasteiger partial charge in [-0.3, -0.25) is 9.59 Å². The molecule has 0 atom stereocenters. The molecule has 5 heteroatoms. The second-order valence-electron chi connectivity index (χ2n) is 2.15. The molecule has 5 nitrogen and oxygen atoms in total. The maximum atomic E-state index is 10.7. The van der Waals surface area contributed by atoms with Crippen LogP contribution in [0.3, 0.4) is 0 Å². The molecule has 0 saturated heterocycles. The molecule has 0 saturated carbocycles. The maximum Gasteiger partial charge on any atom is 0.300 e. The molecule has 0 radical (unpaired) electrons. The maximum absolute atomic E-state index is 10.7. The molecule has 0 aromatic rings. The largest absolute Gasteiger partial charge is 0.355 e. The topological polar surface area (TPSA) is 62.6 Å². The number of rotatable bonds is 4. The van der Waals surface area contributed by atoms with Crippen molar-refractivity contribution in [3.63, 3.8) is 0 Å². The molecular formula is C7H11N3O2. The normalized spacial score (nSPS) is 8.33. The minimum atomic E-state index is -0.310. The molecule has 0 aliphatic carbocycles. The Morgan fingerprint density at radius 2 is 1.92 bits per heavy atom. The van der Waals surface area contributed by atoms with Crippen molar-refractivity contribution in [2.45, 2.75) is 6.92 Å². The minimum Gasteiger partial charge on any atom is -0.355 e. The number of hydrogen-bond donors (Lipinski definition) is 2. The molecule has 66 valence electrons. The van der Waals surface area contributed by atoms with E-state index in [4.69, 9.17) is 6.57 Å². The van der Waals surface area contributed by atoms with Crippen LogP contribution in [0.5, 0.6) is 0 Å². The summed E-state index contributed by atoms with van der Waals surface area (Å²) in [6, 6.07) is 0. The van der Waals surface area contributed by atoms with Crippen molar-refractivity contribution in [2.75, 3.05) is 19.6 Å². The van der Waals surface area contributed by atoms with E-state index in [9.17, 15) is 9.59 Å². The number of carbonyl (C=O) groups is 2. The molecule has 0 heterocycles. The van der Waals surface area contributed by atoms with Gasteiger partial charge in [0.05, 0.1) is 0 Å². The third-order valence-corrected chi connectivity index (χ3v) is 1.04. The minimum absolute atomic E-state index is 0.130. The molecule has 2 N–H and O–H groups in total. The van der Waals surface area contributed by atoms with Crippen molar-refractivity contribution < 1.29 is 9.59 Å². The van der Waals surface area contributed by atoms with E-state index in [0.29, 0.717) is 13.1 Å². The zero-order chi connectivity index (χ0) is 9.40. The van der Waals surface area contributed by atoms with Crippen molar-refractivity contribution in [1.29, 1.82) is 0 Å². The van der Waals surface area contributed by atoms with Gasteiger partial charge in [0.15, 0.2) is 0 Å². The van der Waals surface area contributed by atoms with Crippen LogP contribution in [0.1, 0.15) is 6.92 Å². The number of carbonyl (C=O) groups excluding carboxylic acids is 2. The molecule has 0 fully saturated rings. The third-order valence-electron chi connectivity index (χ3n) is 1.04. The number of hydrogen-bond acceptors (Lipinski definition) is 2. The van der Waals surface area contributed by atoms with E-state index in [-0.39, 0.29) is 18.4 Å². The van der Waals surface area contributed by atoms with Crippen molar-refractivity contribution >= 4 is 11.8 Å². The van der Waals surface area contributed by atoms with Crippen LogP contribution in [0.15, 0.2) is 0 Å². The Balaban J connectivity index is 3.27. The van der Waals surface area contributed by atoms with Gasteiger partial charge >= 0.3 is 0 Å². The predicted octanol–water partition coefficient (Wildman–Crippen LogP) is -0.842. The SMILES string of the molecule is [C-]#[N+]CC(=O)NCCNC(C)=O. The summed E-state index contributed by atoms with van der Waals surface area (Å²) in [5.74, 6) is -0.440. The first-order valence-corrected chi connectivity index (χ1v) is 3.51. The van der Waals surface area contributed by atoms with Gasteiger partial charge in [-0.2, -0.15) is 0 Å². The van der Waals surface area contributed by atoms with Gasteiger partial charge in [0.25, 0.3) is 12.5 Å². The van der Waals surface area contributed by atoms with Crippen LogP contribution in [-0.4, -0.2) is 31.4 Å². The predicted molar refractivity (Wildman–Crippen MR) is 43.2 cm³/mol. The van der Waals surface area contributed by atoms with Crippen molar-refractivity contribution in [2.24, 2.45) is 0 Å². The first kappa shape index (κ1) is 10.4. The van der Waals surface area contributed by atoms with E-state index in [1.54, 1.807) is 0 Å². The lowest BCUT2D eigenvalue weighted by atomic mass is 10.5. The van der Waals surface area contributed by atoms with Gasteiger partial charge in [0, 0.05) is 20.0 Å². The lowest BCUT2D eigenvalue weighted by Gasteiger charge is -2.01. The van der Waals surface area contributed by atoms with Gasteiger partial charge in [0.1, 0.15) is 0 Å². The lowest BCUT2D eigenvalue weighted by molar-refractivity contribution is -0.120. The fourth-order valence-electron chi connectivity index (χ4n) is 0.568. The standard InChI is InChI=1S/C7H11N3O2/c1-6(11)9-3-4-10-7(12)5-8-2/h3-5H2,1H3,(H,9,11)(H,10,12). The molecular weight excluding hydrogens is 158 g/mol. The van der Waals surface area contributed by atoms with Gasteiger partial charge in [0.2, 0.25) is 5.91 Å². The van der Waals surface area contributed by atoms with Crippen LogP contribution in [0.25, 0.3) is 4.85 Å². The lowest BCUT2D eigenvalue weighted by Crippen LogP contribution is -2.34. The zero-order valence-electron chi connectivity index (χ0n) is 6.89. The molecule has 12 heavy (non-hydrogen) atoms. The average Bonchev–Trinajstić information content (AvgIpc) is 1.98. The van der Waals surface area contributed by atoms with Crippen LogP contribution >= 0.6 is 0 Å². The molecule has 0 unspecified atom stereocenters. The van der Waals surface area contributed by atoms with Crippen molar-refractivity contribution in [3.05, 3.63) is 11.4 Å². The molecule has 0 aromatic carbocycles. The summed E-state index contributed by atoms with van der Waals surface area (Å²) < 4.78 is 0. The van der Waals surface area contributed by atoms with Crippen LogP contribution < -0.4 is 10.6 Å². The molecule has 2 amide bonds. The van der Waals surface area contributed by atoms with Crippen LogP contribution in [0.2, 0.25) is 0 Å². The van der Waals surface area contributed by atoms with E-state index < -0.39 is 0 Å². The summed E-state index contributed by atoms with van der Waals surface area (Å²) in [7, 11) is 0. The second-order valence-corrected chi connectivity index (χ2v) is 2.15. The monoisotopic (exact) mass is 169 g/mol. The van der Waals surface area contributed by atoms with E-state index in [0.717, 1.165) is 0 Å². The van der Waals surface area contributed by atoms with E-state index in [1.165, 1.54) is 6.92 Å². The van der Waals surface area contributed by atoms with Gasteiger partial charge in [-0.15, -0.1) is 0 Å². The highest BCUT2D eigenvalue weighted by Gasteiger charge is 2.00. The Morgan fingerprint density at radius 1 is 1.33 bits per heavy atom.